The molecule has 420 valence electrons. The van der Waals surface area contributed by atoms with Gasteiger partial charge in [-0.25, -0.2) is 0 Å². The van der Waals surface area contributed by atoms with Crippen LogP contribution >= 0.6 is 0 Å². The van der Waals surface area contributed by atoms with Crippen LogP contribution < -0.4 is 31.1 Å². The molecule has 6 fully saturated rings. The molecule has 0 spiro atoms. The molecule has 8 bridgehead atoms. The molecule has 4 unspecified atom stereocenters. The maximum absolute atomic E-state index is 7.98. The average Bonchev–Trinajstić information content (AvgIpc) is 2.57. The minimum atomic E-state index is -4.69. The van der Waals surface area contributed by atoms with Crippen LogP contribution in [-0.4, -0.2) is 70.4 Å². The Morgan fingerprint density at radius 1 is 0.284 bits per heavy atom. The number of allylic oxidation sites excluding steroid dienone is 10. The predicted molar refractivity (Wildman–Crippen MR) is 341 cm³/mol. The Hall–Kier alpha value is -5.94. The third kappa shape index (κ3) is 14.3. The van der Waals surface area contributed by atoms with Gasteiger partial charge in [0.25, 0.3) is 0 Å². The molecule has 6 aromatic rings. The van der Waals surface area contributed by atoms with Crippen molar-refractivity contribution in [2.24, 2.45) is 0 Å². The van der Waals surface area contributed by atoms with Crippen LogP contribution in [-0.2, 0) is 49.4 Å². The molecule has 1 aliphatic carbocycles. The Morgan fingerprint density at radius 2 is 0.469 bits per heavy atom. The summed E-state index contributed by atoms with van der Waals surface area (Å²) in [7, 11) is -36.7. The van der Waals surface area contributed by atoms with Crippen LogP contribution in [0, 0.1) is 0 Å². The second-order valence-electron chi connectivity index (χ2n) is 17.8. The molecular formula is C61H72O12Si8. The molecule has 13 rings (SSSR count). The van der Waals surface area contributed by atoms with E-state index in [9.17, 15) is 0 Å². The molecule has 0 aromatic heterocycles. The van der Waals surface area contributed by atoms with E-state index in [-0.39, 0.29) is 0 Å². The quantitative estimate of drug-likeness (QED) is 0.0862. The second-order valence-corrected chi connectivity index (χ2v) is 41.2. The average molecular weight is 1220 g/mol. The fourth-order valence-corrected chi connectivity index (χ4v) is 54.1. The summed E-state index contributed by atoms with van der Waals surface area (Å²) in [5.41, 5.74) is 6.17. The van der Waals surface area contributed by atoms with E-state index in [0.29, 0.717) is 36.3 Å². The van der Waals surface area contributed by atoms with Crippen LogP contribution in [0.4, 0.5) is 0 Å². The van der Waals surface area contributed by atoms with Crippen LogP contribution in [0.25, 0.3) is 0 Å². The van der Waals surface area contributed by atoms with Crippen molar-refractivity contribution in [3.05, 3.63) is 293 Å². The Bertz CT molecular complexity index is 3010. The van der Waals surface area contributed by atoms with Gasteiger partial charge < -0.3 is 49.4 Å². The van der Waals surface area contributed by atoms with Gasteiger partial charge in [-0.1, -0.05) is 230 Å². The molecule has 6 aromatic carbocycles. The minimum absolute atomic E-state index is 0.499. The van der Waals surface area contributed by atoms with Crippen molar-refractivity contribution >= 4 is 102 Å². The summed E-state index contributed by atoms with van der Waals surface area (Å²) in [6.07, 6.45) is 15.8. The number of hydrogen-bond donors (Lipinski definition) is 0. The van der Waals surface area contributed by atoms with Gasteiger partial charge in [-0.05, 0) is 59.8 Å². The van der Waals surface area contributed by atoms with Gasteiger partial charge in [-0.2, -0.15) is 0 Å². The van der Waals surface area contributed by atoms with Crippen LogP contribution in [0.3, 0.4) is 0 Å². The molecule has 0 amide bonds. The van der Waals surface area contributed by atoms with E-state index >= 15 is 0 Å². The summed E-state index contributed by atoms with van der Waals surface area (Å²) in [5, 5.41) is 3.95. The molecule has 81 heavy (non-hydrogen) atoms. The highest BCUT2D eigenvalue weighted by atomic mass is 28.6. The first-order valence-electron chi connectivity index (χ1n) is 26.3. The van der Waals surface area contributed by atoms with Gasteiger partial charge in [0.05, 0.1) is 0 Å². The fraction of sp³-hybridized carbons (Fsp3) is 0.115. The molecule has 4 atom stereocenters. The van der Waals surface area contributed by atoms with Crippen molar-refractivity contribution in [2.45, 2.75) is 48.1 Å². The van der Waals surface area contributed by atoms with Crippen LogP contribution in [0.15, 0.2) is 293 Å². The van der Waals surface area contributed by atoms with Gasteiger partial charge in [0.1, 0.15) is 0 Å². The van der Waals surface area contributed by atoms with Crippen LogP contribution in [0.5, 0.6) is 0 Å². The summed E-state index contributed by atoms with van der Waals surface area (Å²) in [5.74, 6) is 0. The highest BCUT2D eigenvalue weighted by Crippen LogP contribution is 2.49. The van der Waals surface area contributed by atoms with Crippen molar-refractivity contribution in [3.63, 3.8) is 0 Å². The molecule has 0 saturated carbocycles. The van der Waals surface area contributed by atoms with E-state index in [0.717, 1.165) is 0 Å². The zero-order chi connectivity index (χ0) is 58.5. The maximum atomic E-state index is 7.98. The minimum Gasteiger partial charge on any atom is -0.370 e. The van der Waals surface area contributed by atoms with Crippen molar-refractivity contribution in [1.29, 1.82) is 0 Å². The molecule has 20 heteroatoms. The van der Waals surface area contributed by atoms with Crippen molar-refractivity contribution in [3.8, 4) is 0 Å². The van der Waals surface area contributed by atoms with Gasteiger partial charge >= 0.3 is 70.4 Å². The molecule has 7 aliphatic rings. The van der Waals surface area contributed by atoms with E-state index < -0.39 is 70.4 Å². The van der Waals surface area contributed by atoms with Gasteiger partial charge in [0, 0.05) is 42.9 Å². The van der Waals surface area contributed by atoms with E-state index in [1.165, 1.54) is 0 Å². The lowest BCUT2D eigenvalue weighted by Crippen LogP contribution is -2.94. The number of rotatable bonds is 7. The third-order valence-corrected chi connectivity index (χ3v) is 45.4. The molecule has 6 aliphatic heterocycles. The summed E-state index contributed by atoms with van der Waals surface area (Å²) in [6.45, 7) is 33.3. The third-order valence-electron chi connectivity index (χ3n) is 11.2. The van der Waals surface area contributed by atoms with Gasteiger partial charge in [-0.3, -0.25) is 0 Å². The lowest BCUT2D eigenvalue weighted by Gasteiger charge is -2.62. The largest absolute Gasteiger partial charge is 0.516 e. The van der Waals surface area contributed by atoms with E-state index in [2.05, 4.69) is 50.9 Å². The Balaban J connectivity index is 0.000000524. The first-order chi connectivity index (χ1) is 39.2. The van der Waals surface area contributed by atoms with Gasteiger partial charge in [0.15, 0.2) is 0 Å². The molecule has 6 heterocycles. The molecular weight excluding hydrogens is 1150 g/mol. The first-order valence-corrected chi connectivity index (χ1v) is 40.6. The Labute approximate surface area is 488 Å². The highest BCUT2D eigenvalue weighted by Gasteiger charge is 2.85. The Morgan fingerprint density at radius 3 is 0.654 bits per heavy atom. The van der Waals surface area contributed by atoms with Crippen molar-refractivity contribution in [2.75, 3.05) is 0 Å². The van der Waals surface area contributed by atoms with Crippen LogP contribution in [0.2, 0.25) is 6.55 Å². The highest BCUT2D eigenvalue weighted by molar-refractivity contribution is 7.13. The lowest BCUT2D eigenvalue weighted by molar-refractivity contribution is -0.00586. The summed E-state index contributed by atoms with van der Waals surface area (Å²) < 4.78 is 94.4. The molecule has 12 nitrogen and oxygen atoms in total. The topological polar surface area (TPSA) is 111 Å². The number of hydrogen-bond acceptors (Lipinski definition) is 12. The summed E-state index contributed by atoms with van der Waals surface area (Å²) in [6, 6.07) is 57.3. The smallest absolute Gasteiger partial charge is 0.370 e. The predicted octanol–water partition coefficient (Wildman–Crippen LogP) is 10.3. The lowest BCUT2D eigenvalue weighted by atomic mass is 10.4. The van der Waals surface area contributed by atoms with E-state index in [4.69, 9.17) is 49.4 Å². The Kier molecular flexibility index (Phi) is 23.3. The maximum Gasteiger partial charge on any atom is 0.516 e. The molecule has 0 N–H and O–H groups in total. The first kappa shape index (κ1) is 64.2. The standard InChI is InChI=1S/C43H36O12Si8.6C3H6/c1-56-44-57(37-23-9-2-10-24-37)47-60(40-29-15-5-16-30-40)49-58(45-56,38-25-11-3-12-26-38)51-62(42-33-19-7-20-34-42)52-59(46-56,39-27-13-4-14-28-39)50-61(48-57,41-31-17-6-18-32-41)54-63(53-60,55-62)43-35-21-8-22-36-43;6*1-3-2/h2-6,8-19,21-36H,1H3;6*3H,1H2,2H3. The summed E-state index contributed by atoms with van der Waals surface area (Å²) in [4.78, 5) is 0. The van der Waals surface area contributed by atoms with Gasteiger partial charge in [-0.15, -0.1) is 39.5 Å². The molecule has 6 saturated heterocycles. The van der Waals surface area contributed by atoms with Gasteiger partial charge in [0.2, 0.25) is 0 Å². The fourth-order valence-electron chi connectivity index (χ4n) is 8.45. The van der Waals surface area contributed by atoms with Crippen LogP contribution in [0.1, 0.15) is 41.5 Å². The zero-order valence-electron chi connectivity index (χ0n) is 47.2. The van der Waals surface area contributed by atoms with Crippen molar-refractivity contribution in [1.82, 2.24) is 0 Å². The summed E-state index contributed by atoms with van der Waals surface area (Å²) >= 11 is 0. The zero-order valence-corrected chi connectivity index (χ0v) is 55.2. The second kappa shape index (κ2) is 29.3. The van der Waals surface area contributed by atoms with Crippen molar-refractivity contribution < 1.29 is 49.4 Å². The molecule has 0 radical (unpaired) electrons. The van der Waals surface area contributed by atoms with E-state index in [1.807, 2.05) is 230 Å². The normalized spacial score (nSPS) is 29.0. The van der Waals surface area contributed by atoms with E-state index in [1.54, 1.807) is 55.2 Å². The number of benzene rings is 6. The monoisotopic (exact) mass is 1220 g/mol. The SMILES string of the molecule is C=CC.C=CC.C=CC.C=CC.C=CC.C=CC.C[Si]12O[Si]3(c4ccccc4)O[Si]4(C5=CC=C=C=C5)O[Si](c5ccccc5)(O1)O[Si]1(c5ccccc5)O[Si](c5ccccc5)(O2)O[Si](c2ccccc2)(O3)O[Si](c2ccccc2)(O4)O1.